The summed E-state index contributed by atoms with van der Waals surface area (Å²) >= 11 is 0. The predicted molar refractivity (Wildman–Crippen MR) is 85.3 cm³/mol. The molecule has 1 aromatic carbocycles. The highest BCUT2D eigenvalue weighted by Crippen LogP contribution is 2.40. The van der Waals surface area contributed by atoms with E-state index in [2.05, 4.69) is 30.4 Å². The van der Waals surface area contributed by atoms with Crippen LogP contribution < -0.4 is 14.8 Å². The van der Waals surface area contributed by atoms with Gasteiger partial charge in [-0.05, 0) is 55.3 Å². The van der Waals surface area contributed by atoms with Crippen molar-refractivity contribution in [2.24, 2.45) is 5.92 Å². The average molecular weight is 289 g/mol. The van der Waals surface area contributed by atoms with Gasteiger partial charge in [0.1, 0.15) is 13.2 Å². The van der Waals surface area contributed by atoms with E-state index >= 15 is 0 Å². The Morgan fingerprint density at radius 1 is 1.14 bits per heavy atom. The van der Waals surface area contributed by atoms with E-state index in [0.29, 0.717) is 19.1 Å². The molecule has 21 heavy (non-hydrogen) atoms. The number of nitrogens with one attached hydrogen (secondary N) is 1. The van der Waals surface area contributed by atoms with Crippen molar-refractivity contribution in [3.8, 4) is 11.5 Å². The van der Waals surface area contributed by atoms with Crippen LogP contribution in [0.5, 0.6) is 11.5 Å². The molecule has 3 heteroatoms. The fourth-order valence-electron chi connectivity index (χ4n) is 3.64. The number of benzene rings is 1. The third-order valence-corrected chi connectivity index (χ3v) is 4.75. The van der Waals surface area contributed by atoms with Gasteiger partial charge < -0.3 is 14.8 Å². The quantitative estimate of drug-likeness (QED) is 0.809. The number of rotatable bonds is 6. The molecule has 1 heterocycles. The zero-order chi connectivity index (χ0) is 14.5. The van der Waals surface area contributed by atoms with Gasteiger partial charge in [-0.2, -0.15) is 0 Å². The minimum Gasteiger partial charge on any atom is -0.486 e. The van der Waals surface area contributed by atoms with Crippen LogP contribution >= 0.6 is 0 Å². The lowest BCUT2D eigenvalue weighted by Gasteiger charge is -2.26. The van der Waals surface area contributed by atoms with Crippen molar-refractivity contribution in [3.63, 3.8) is 0 Å². The van der Waals surface area contributed by atoms with Crippen molar-refractivity contribution < 1.29 is 9.47 Å². The maximum absolute atomic E-state index is 5.76. The molecule has 1 N–H and O–H groups in total. The van der Waals surface area contributed by atoms with E-state index in [9.17, 15) is 0 Å². The fraction of sp³-hybridized carbons (Fsp3) is 0.667. The van der Waals surface area contributed by atoms with Crippen LogP contribution in [0.25, 0.3) is 0 Å². The third kappa shape index (κ3) is 3.52. The van der Waals surface area contributed by atoms with Gasteiger partial charge in [0.2, 0.25) is 0 Å². The lowest BCUT2D eigenvalue weighted by Crippen LogP contribution is -2.26. The number of hydrogen-bond acceptors (Lipinski definition) is 3. The van der Waals surface area contributed by atoms with Gasteiger partial charge in [-0.3, -0.25) is 0 Å². The molecule has 3 nitrogen and oxygen atoms in total. The van der Waals surface area contributed by atoms with Crippen LogP contribution in [0, 0.1) is 5.92 Å². The molecule has 0 saturated heterocycles. The van der Waals surface area contributed by atoms with Gasteiger partial charge in [-0.15, -0.1) is 0 Å². The summed E-state index contributed by atoms with van der Waals surface area (Å²) in [7, 11) is 0. The molecule has 116 valence electrons. The Bertz CT molecular complexity index is 455. The monoisotopic (exact) mass is 289 g/mol. The predicted octanol–water partition coefficient (Wildman–Crippen LogP) is 3.73. The Kier molecular flexibility index (Phi) is 5.02. The smallest absolute Gasteiger partial charge is 0.161 e. The standard InChI is InChI=1S/C18H27NO2/c1-2-9-19-13-16(14-5-3-4-6-14)15-7-8-17-18(12-15)21-11-10-20-17/h7-8,12,14,16,19H,2-6,9-11,13H2,1H3. The van der Waals surface area contributed by atoms with Crippen LogP contribution in [0.3, 0.4) is 0 Å². The minimum absolute atomic E-state index is 0.606. The molecule has 1 aromatic rings. The van der Waals surface area contributed by atoms with Gasteiger partial charge in [-0.1, -0.05) is 25.8 Å². The van der Waals surface area contributed by atoms with Gasteiger partial charge in [0, 0.05) is 6.54 Å². The molecule has 0 amide bonds. The first kappa shape index (κ1) is 14.7. The number of fused-ring (bicyclic) bond motifs is 1. The van der Waals surface area contributed by atoms with Crippen LogP contribution in [0.1, 0.15) is 50.5 Å². The molecule has 2 aliphatic rings. The molecular weight excluding hydrogens is 262 g/mol. The van der Waals surface area contributed by atoms with Crippen LogP contribution in [0.4, 0.5) is 0 Å². The number of ether oxygens (including phenoxy) is 2. The Balaban J connectivity index is 1.77. The molecule has 1 atom stereocenters. The minimum atomic E-state index is 0.606. The van der Waals surface area contributed by atoms with Crippen molar-refractivity contribution in [1.29, 1.82) is 0 Å². The molecule has 0 aromatic heterocycles. The lowest BCUT2D eigenvalue weighted by molar-refractivity contribution is 0.171. The third-order valence-electron chi connectivity index (χ3n) is 4.75. The van der Waals surface area contributed by atoms with Gasteiger partial charge >= 0.3 is 0 Å². The average Bonchev–Trinajstić information content (AvgIpc) is 3.05. The molecule has 1 fully saturated rings. The van der Waals surface area contributed by atoms with E-state index in [-0.39, 0.29) is 0 Å². The van der Waals surface area contributed by atoms with Crippen LogP contribution in [0.2, 0.25) is 0 Å². The Morgan fingerprint density at radius 2 is 1.90 bits per heavy atom. The highest BCUT2D eigenvalue weighted by molar-refractivity contribution is 5.45. The molecule has 1 aliphatic heterocycles. The highest BCUT2D eigenvalue weighted by Gasteiger charge is 2.27. The van der Waals surface area contributed by atoms with Crippen molar-refractivity contribution in [2.75, 3.05) is 26.3 Å². The summed E-state index contributed by atoms with van der Waals surface area (Å²) in [5.41, 5.74) is 1.41. The van der Waals surface area contributed by atoms with Gasteiger partial charge in [0.25, 0.3) is 0 Å². The van der Waals surface area contributed by atoms with Crippen molar-refractivity contribution >= 4 is 0 Å². The summed E-state index contributed by atoms with van der Waals surface area (Å²) in [4.78, 5) is 0. The summed E-state index contributed by atoms with van der Waals surface area (Å²) in [6.45, 7) is 5.74. The van der Waals surface area contributed by atoms with E-state index in [1.807, 2.05) is 0 Å². The maximum atomic E-state index is 5.76. The van der Waals surface area contributed by atoms with Gasteiger partial charge in [0.05, 0.1) is 0 Å². The second-order valence-corrected chi connectivity index (χ2v) is 6.26. The second-order valence-electron chi connectivity index (χ2n) is 6.26. The van der Waals surface area contributed by atoms with Gasteiger partial charge in [0.15, 0.2) is 11.5 Å². The SMILES string of the molecule is CCCNCC(c1ccc2c(c1)OCCO2)C1CCCC1. The molecular formula is C18H27NO2. The summed E-state index contributed by atoms with van der Waals surface area (Å²) in [6, 6.07) is 6.54. The summed E-state index contributed by atoms with van der Waals surface area (Å²) in [5, 5.41) is 3.62. The van der Waals surface area contributed by atoms with Crippen molar-refractivity contribution in [3.05, 3.63) is 23.8 Å². The summed E-state index contributed by atoms with van der Waals surface area (Å²) in [5.74, 6) is 3.25. The van der Waals surface area contributed by atoms with Crippen LogP contribution in [-0.2, 0) is 0 Å². The molecule has 1 saturated carbocycles. The van der Waals surface area contributed by atoms with Crippen molar-refractivity contribution in [2.45, 2.75) is 44.9 Å². The fourth-order valence-corrected chi connectivity index (χ4v) is 3.64. The van der Waals surface area contributed by atoms with E-state index in [1.165, 1.54) is 37.7 Å². The van der Waals surface area contributed by atoms with Crippen LogP contribution in [-0.4, -0.2) is 26.3 Å². The molecule has 1 unspecified atom stereocenters. The first-order valence-corrected chi connectivity index (χ1v) is 8.48. The molecule has 0 radical (unpaired) electrons. The maximum Gasteiger partial charge on any atom is 0.161 e. The lowest BCUT2D eigenvalue weighted by atomic mass is 9.84. The summed E-state index contributed by atoms with van der Waals surface area (Å²) < 4.78 is 11.4. The normalized spacial score (nSPS) is 19.7. The van der Waals surface area contributed by atoms with Crippen molar-refractivity contribution in [1.82, 2.24) is 5.32 Å². The first-order valence-electron chi connectivity index (χ1n) is 8.48. The molecule has 0 spiro atoms. The summed E-state index contributed by atoms with van der Waals surface area (Å²) in [6.07, 6.45) is 6.71. The molecule has 3 rings (SSSR count). The zero-order valence-corrected chi connectivity index (χ0v) is 13.1. The second kappa shape index (κ2) is 7.17. The topological polar surface area (TPSA) is 30.5 Å². The molecule has 1 aliphatic carbocycles. The van der Waals surface area contributed by atoms with E-state index in [0.717, 1.165) is 30.5 Å². The largest absolute Gasteiger partial charge is 0.486 e. The molecule has 0 bridgehead atoms. The Labute approximate surface area is 128 Å². The highest BCUT2D eigenvalue weighted by atomic mass is 16.6. The Hall–Kier alpha value is -1.22. The van der Waals surface area contributed by atoms with E-state index in [4.69, 9.17) is 9.47 Å². The first-order chi connectivity index (χ1) is 10.4. The Morgan fingerprint density at radius 3 is 2.67 bits per heavy atom. The van der Waals surface area contributed by atoms with Crippen LogP contribution in [0.15, 0.2) is 18.2 Å². The van der Waals surface area contributed by atoms with E-state index < -0.39 is 0 Å². The zero-order valence-electron chi connectivity index (χ0n) is 13.1. The van der Waals surface area contributed by atoms with Gasteiger partial charge in [-0.25, -0.2) is 0 Å². The number of hydrogen-bond donors (Lipinski definition) is 1. The van der Waals surface area contributed by atoms with E-state index in [1.54, 1.807) is 0 Å².